The Kier molecular flexibility index (Phi) is 7.01. The van der Waals surface area contributed by atoms with Gasteiger partial charge in [0.1, 0.15) is 0 Å². The standard InChI is InChI=1S/C19H27N3O3/c1-16(18(23)25-3)9-10-21-11-13-22(14-12-21)19(24)20(2)15-17-7-5-4-6-8-17/h4-9H,10-15H2,1-3H3/b16-9-. The van der Waals surface area contributed by atoms with E-state index in [0.717, 1.165) is 18.7 Å². The van der Waals surface area contributed by atoms with Crippen LogP contribution in [-0.4, -0.2) is 73.6 Å². The van der Waals surface area contributed by atoms with Crippen molar-refractivity contribution in [1.29, 1.82) is 0 Å². The number of carbonyl (C=O) groups is 2. The van der Waals surface area contributed by atoms with Crippen molar-refractivity contribution in [3.8, 4) is 0 Å². The van der Waals surface area contributed by atoms with Gasteiger partial charge in [-0.2, -0.15) is 0 Å². The first-order valence-electron chi connectivity index (χ1n) is 8.52. The third-order valence-corrected chi connectivity index (χ3v) is 4.39. The second-order valence-corrected chi connectivity index (χ2v) is 6.29. The Morgan fingerprint density at radius 2 is 1.80 bits per heavy atom. The number of hydrogen-bond acceptors (Lipinski definition) is 4. The van der Waals surface area contributed by atoms with E-state index in [1.807, 2.05) is 48.4 Å². The zero-order valence-electron chi connectivity index (χ0n) is 15.3. The topological polar surface area (TPSA) is 53.1 Å². The van der Waals surface area contributed by atoms with E-state index in [1.165, 1.54) is 7.11 Å². The van der Waals surface area contributed by atoms with E-state index in [-0.39, 0.29) is 12.0 Å². The fourth-order valence-corrected chi connectivity index (χ4v) is 2.80. The van der Waals surface area contributed by atoms with E-state index < -0.39 is 0 Å². The highest BCUT2D eigenvalue weighted by atomic mass is 16.5. The maximum atomic E-state index is 12.6. The van der Waals surface area contributed by atoms with Crippen molar-refractivity contribution in [1.82, 2.24) is 14.7 Å². The van der Waals surface area contributed by atoms with Crippen molar-refractivity contribution in [2.24, 2.45) is 0 Å². The maximum Gasteiger partial charge on any atom is 0.333 e. The van der Waals surface area contributed by atoms with Gasteiger partial charge in [0.2, 0.25) is 0 Å². The summed E-state index contributed by atoms with van der Waals surface area (Å²) in [5.74, 6) is -0.295. The number of hydrogen-bond donors (Lipinski definition) is 0. The molecule has 136 valence electrons. The number of urea groups is 1. The van der Waals surface area contributed by atoms with Crippen LogP contribution in [0.3, 0.4) is 0 Å². The molecule has 2 amide bonds. The lowest BCUT2D eigenvalue weighted by molar-refractivity contribution is -0.136. The van der Waals surface area contributed by atoms with Gasteiger partial charge in [0.15, 0.2) is 0 Å². The molecule has 1 aromatic rings. The predicted molar refractivity (Wildman–Crippen MR) is 97.1 cm³/mol. The van der Waals surface area contributed by atoms with Crippen LogP contribution in [0.25, 0.3) is 0 Å². The van der Waals surface area contributed by atoms with Crippen LogP contribution >= 0.6 is 0 Å². The van der Waals surface area contributed by atoms with Gasteiger partial charge >= 0.3 is 12.0 Å². The van der Waals surface area contributed by atoms with Crippen molar-refractivity contribution in [2.75, 3.05) is 46.9 Å². The summed E-state index contributed by atoms with van der Waals surface area (Å²) in [6.07, 6.45) is 1.88. The second-order valence-electron chi connectivity index (χ2n) is 6.29. The first-order chi connectivity index (χ1) is 12.0. The van der Waals surface area contributed by atoms with E-state index >= 15 is 0 Å². The van der Waals surface area contributed by atoms with Gasteiger partial charge in [-0.25, -0.2) is 9.59 Å². The zero-order valence-corrected chi connectivity index (χ0v) is 15.3. The minimum Gasteiger partial charge on any atom is -0.466 e. The van der Waals surface area contributed by atoms with Crippen LogP contribution < -0.4 is 0 Å². The highest BCUT2D eigenvalue weighted by Gasteiger charge is 2.23. The van der Waals surface area contributed by atoms with Gasteiger partial charge in [-0.15, -0.1) is 0 Å². The highest BCUT2D eigenvalue weighted by molar-refractivity contribution is 5.87. The molecular formula is C19H27N3O3. The number of methoxy groups -OCH3 is 1. The molecule has 1 aliphatic heterocycles. The summed E-state index contributed by atoms with van der Waals surface area (Å²) in [7, 11) is 3.22. The maximum absolute atomic E-state index is 12.6. The van der Waals surface area contributed by atoms with E-state index in [2.05, 4.69) is 4.90 Å². The first-order valence-corrected chi connectivity index (χ1v) is 8.52. The predicted octanol–water partition coefficient (Wildman–Crippen LogP) is 1.98. The number of benzene rings is 1. The SMILES string of the molecule is COC(=O)/C(C)=C\CN1CCN(C(=O)N(C)Cc2ccccc2)CC1. The largest absolute Gasteiger partial charge is 0.466 e. The molecule has 2 rings (SSSR count). The minimum atomic E-state index is -0.295. The number of ether oxygens (including phenoxy) is 1. The smallest absolute Gasteiger partial charge is 0.333 e. The summed E-state index contributed by atoms with van der Waals surface area (Å²) in [4.78, 5) is 29.8. The summed E-state index contributed by atoms with van der Waals surface area (Å²) in [5.41, 5.74) is 1.74. The molecule has 1 aliphatic rings. The van der Waals surface area contributed by atoms with E-state index in [0.29, 0.717) is 31.8 Å². The third kappa shape index (κ3) is 5.60. The number of nitrogens with zero attached hydrogens (tertiary/aromatic N) is 3. The summed E-state index contributed by atoms with van der Waals surface area (Å²) < 4.78 is 4.69. The van der Waals surface area contributed by atoms with Crippen molar-refractivity contribution in [2.45, 2.75) is 13.5 Å². The van der Waals surface area contributed by atoms with Crippen molar-refractivity contribution in [3.63, 3.8) is 0 Å². The molecule has 0 N–H and O–H groups in total. The lowest BCUT2D eigenvalue weighted by Gasteiger charge is -2.36. The average molecular weight is 345 g/mol. The number of carbonyl (C=O) groups excluding carboxylic acids is 2. The minimum absolute atomic E-state index is 0.0600. The van der Waals surface area contributed by atoms with Gasteiger partial charge in [0.25, 0.3) is 0 Å². The highest BCUT2D eigenvalue weighted by Crippen LogP contribution is 2.09. The molecule has 1 saturated heterocycles. The Bertz CT molecular complexity index is 608. The Hall–Kier alpha value is -2.34. The molecule has 1 fully saturated rings. The van der Waals surface area contributed by atoms with Gasteiger partial charge in [-0.1, -0.05) is 36.4 Å². The van der Waals surface area contributed by atoms with Crippen LogP contribution in [0.5, 0.6) is 0 Å². The molecule has 1 aromatic carbocycles. The van der Waals surface area contributed by atoms with Gasteiger partial charge in [0, 0.05) is 51.9 Å². The normalized spacial score (nSPS) is 15.8. The van der Waals surface area contributed by atoms with Crippen molar-refractivity contribution >= 4 is 12.0 Å². The molecule has 0 unspecified atom stereocenters. The lowest BCUT2D eigenvalue weighted by Crippen LogP contribution is -2.51. The summed E-state index contributed by atoms with van der Waals surface area (Å²) in [6.45, 7) is 6.06. The summed E-state index contributed by atoms with van der Waals surface area (Å²) >= 11 is 0. The molecule has 0 radical (unpaired) electrons. The molecule has 0 aromatic heterocycles. The number of piperazine rings is 1. The molecule has 0 aliphatic carbocycles. The lowest BCUT2D eigenvalue weighted by atomic mass is 10.2. The number of rotatable bonds is 5. The molecule has 6 nitrogen and oxygen atoms in total. The van der Waals surface area contributed by atoms with Gasteiger partial charge in [-0.05, 0) is 12.5 Å². The molecular weight excluding hydrogens is 318 g/mol. The quantitative estimate of drug-likeness (QED) is 0.605. The van der Waals surface area contributed by atoms with Crippen LogP contribution in [0.1, 0.15) is 12.5 Å². The summed E-state index contributed by atoms with van der Waals surface area (Å²) in [6, 6.07) is 10.0. The van der Waals surface area contributed by atoms with Crippen LogP contribution in [0.15, 0.2) is 42.0 Å². The first kappa shape index (κ1) is 19.0. The van der Waals surface area contributed by atoms with Gasteiger partial charge in [0.05, 0.1) is 7.11 Å². The third-order valence-electron chi connectivity index (χ3n) is 4.39. The van der Waals surface area contributed by atoms with Crippen LogP contribution in [0.2, 0.25) is 0 Å². The van der Waals surface area contributed by atoms with Crippen LogP contribution in [-0.2, 0) is 16.1 Å². The molecule has 0 atom stereocenters. The second kappa shape index (κ2) is 9.22. The molecule has 6 heteroatoms. The Labute approximate surface area is 149 Å². The summed E-state index contributed by atoms with van der Waals surface area (Å²) in [5, 5.41) is 0. The molecule has 0 bridgehead atoms. The average Bonchev–Trinajstić information content (AvgIpc) is 2.66. The molecule has 0 spiro atoms. The zero-order chi connectivity index (χ0) is 18.2. The van der Waals surface area contributed by atoms with Crippen LogP contribution in [0, 0.1) is 0 Å². The van der Waals surface area contributed by atoms with Gasteiger partial charge < -0.3 is 14.5 Å². The Balaban J connectivity index is 1.79. The number of amides is 2. The van der Waals surface area contributed by atoms with Gasteiger partial charge in [-0.3, -0.25) is 4.90 Å². The van der Waals surface area contributed by atoms with E-state index in [4.69, 9.17) is 4.74 Å². The fraction of sp³-hybridized carbons (Fsp3) is 0.474. The fourth-order valence-electron chi connectivity index (χ4n) is 2.80. The van der Waals surface area contributed by atoms with Crippen LogP contribution in [0.4, 0.5) is 4.79 Å². The Morgan fingerprint density at radius 3 is 2.40 bits per heavy atom. The number of esters is 1. The Morgan fingerprint density at radius 1 is 1.16 bits per heavy atom. The molecule has 25 heavy (non-hydrogen) atoms. The monoisotopic (exact) mass is 345 g/mol. The van der Waals surface area contributed by atoms with E-state index in [1.54, 1.807) is 11.8 Å². The van der Waals surface area contributed by atoms with Crippen molar-refractivity contribution in [3.05, 3.63) is 47.5 Å². The van der Waals surface area contributed by atoms with Crippen molar-refractivity contribution < 1.29 is 14.3 Å². The molecule has 0 saturated carbocycles. The van der Waals surface area contributed by atoms with E-state index in [9.17, 15) is 9.59 Å². The molecule has 1 heterocycles.